The van der Waals surface area contributed by atoms with Gasteiger partial charge in [0.2, 0.25) is 17.7 Å². The van der Waals surface area contributed by atoms with E-state index in [0.29, 0.717) is 19.3 Å². The normalized spacial score (nSPS) is 31.0. The Bertz CT molecular complexity index is 2280. The van der Waals surface area contributed by atoms with Crippen molar-refractivity contribution in [3.63, 3.8) is 0 Å². The van der Waals surface area contributed by atoms with Gasteiger partial charge in [0.05, 0.1) is 59.2 Å². The van der Waals surface area contributed by atoms with E-state index >= 15 is 0 Å². The fourth-order valence-corrected chi connectivity index (χ4v) is 11.2. The summed E-state index contributed by atoms with van der Waals surface area (Å²) in [5.41, 5.74) is 7.09. The number of carboxylic acid groups (broad SMARTS) is 2. The predicted octanol–water partition coefficient (Wildman–Crippen LogP) is 2.83. The van der Waals surface area contributed by atoms with Crippen molar-refractivity contribution in [3.8, 4) is 0 Å². The van der Waals surface area contributed by atoms with Crippen molar-refractivity contribution < 1.29 is 68.1 Å². The molecule has 12 rings (SSSR count). The molecule has 0 saturated carbocycles. The van der Waals surface area contributed by atoms with Gasteiger partial charge in [0.25, 0.3) is 0 Å². The van der Waals surface area contributed by atoms with Crippen molar-refractivity contribution in [2.24, 2.45) is 16.2 Å². The number of benzene rings is 3. The Kier molecular flexibility index (Phi) is 11.9. The summed E-state index contributed by atoms with van der Waals surface area (Å²) in [6, 6.07) is 16.8. The zero-order valence-corrected chi connectivity index (χ0v) is 35.4. The molecule has 3 aliphatic carbocycles. The van der Waals surface area contributed by atoms with Crippen LogP contribution < -0.4 is 24.2 Å². The van der Waals surface area contributed by atoms with Crippen LogP contribution >= 0.6 is 0 Å². The van der Waals surface area contributed by atoms with Crippen LogP contribution in [0, 0.1) is 37.0 Å². The minimum Gasteiger partial charge on any atom is -0.870 e. The van der Waals surface area contributed by atoms with E-state index in [1.54, 1.807) is 37.7 Å². The molecule has 13 nitrogen and oxygen atoms in total. The number of fused-ring (bicyclic) bond motifs is 6. The van der Waals surface area contributed by atoms with Gasteiger partial charge in [0.1, 0.15) is 0 Å². The molecule has 9 unspecified atom stereocenters. The van der Waals surface area contributed by atoms with E-state index in [-0.39, 0.29) is 77.9 Å². The zero-order valence-electron chi connectivity index (χ0n) is 35.4. The molecule has 3 aromatic carbocycles. The summed E-state index contributed by atoms with van der Waals surface area (Å²) in [7, 11) is 4.91. The first-order chi connectivity index (χ1) is 26.7. The van der Waals surface area contributed by atoms with E-state index < -0.39 is 34.2 Å². The smallest absolute Gasteiger partial charge is 0.870 e. The fraction of sp³-hybridized carbons (Fsp3) is 0.467. The van der Waals surface area contributed by atoms with Gasteiger partial charge in [0.15, 0.2) is 0 Å². The Labute approximate surface area is 356 Å². The number of nitrogens with zero attached hydrogens (tertiary/aromatic N) is 2. The van der Waals surface area contributed by atoms with Gasteiger partial charge in [-0.15, -0.1) is 0 Å². The topological polar surface area (TPSA) is 201 Å². The zero-order chi connectivity index (χ0) is 41.7. The van der Waals surface area contributed by atoms with Crippen molar-refractivity contribution in [3.05, 3.63) is 105 Å². The first-order valence-electron chi connectivity index (χ1n) is 19.4. The van der Waals surface area contributed by atoms with Crippen molar-refractivity contribution in [2.45, 2.75) is 96.7 Å². The molecular formula is C45H52LiN3O10. The van der Waals surface area contributed by atoms with Crippen LogP contribution in [-0.4, -0.2) is 82.3 Å². The number of aryl methyl sites for hydroxylation is 3. The number of carbonyl (C=O) groups is 6. The van der Waals surface area contributed by atoms with Crippen LogP contribution in [0.25, 0.3) is 0 Å². The van der Waals surface area contributed by atoms with Crippen molar-refractivity contribution in [2.75, 3.05) is 21.2 Å². The number of rotatable bonds is 3. The number of ether oxygens (including phenoxy) is 1. The van der Waals surface area contributed by atoms with E-state index in [1.807, 2.05) is 82.3 Å². The van der Waals surface area contributed by atoms with Crippen LogP contribution in [0.3, 0.4) is 0 Å². The maximum absolute atomic E-state index is 12.5. The second kappa shape index (κ2) is 15.6. The largest absolute Gasteiger partial charge is 1.00 e. The van der Waals surface area contributed by atoms with Crippen LogP contribution in [0.5, 0.6) is 0 Å². The Morgan fingerprint density at radius 2 is 1.02 bits per heavy atom. The van der Waals surface area contributed by atoms with E-state index in [0.717, 1.165) is 50.1 Å². The van der Waals surface area contributed by atoms with Crippen LogP contribution in [-0.2, 0) is 33.5 Å². The first-order valence-corrected chi connectivity index (χ1v) is 19.4. The molecule has 14 heteroatoms. The Hall–Kier alpha value is -4.96. The van der Waals surface area contributed by atoms with Crippen LogP contribution in [0.1, 0.15) is 126 Å². The third-order valence-corrected chi connectivity index (χ3v) is 14.0. The number of hydrogen-bond donors (Lipinski definition) is 3. The van der Waals surface area contributed by atoms with Gasteiger partial charge in [-0.25, -0.2) is 0 Å². The molecule has 0 radical (unpaired) electrons. The molecule has 6 heterocycles. The van der Waals surface area contributed by atoms with Crippen molar-refractivity contribution in [1.29, 1.82) is 0 Å². The molecule has 308 valence electrons. The molecular weight excluding hydrogens is 749 g/mol. The Morgan fingerprint density at radius 1 is 0.644 bits per heavy atom. The maximum atomic E-state index is 12.5. The molecule has 0 spiro atoms. The number of likely N-dealkylation sites (N-methyl/N-ethyl adjacent to an activating group) is 2. The number of carboxylic acids is 2. The SMILES string of the molecule is COC(=O)C1(C)CC2C(=O)N(C)C1c1cccc(C)c12.Cc1cccc2c1C1CC(C)(C(=O)O)C2N(C)C1=O.Cc1cccc2c1C1CC(C)(C(=O)O)C2NC1=O.[Li+].[OH-]. The Morgan fingerprint density at radius 3 is 1.44 bits per heavy atom. The third kappa shape index (κ3) is 6.48. The van der Waals surface area contributed by atoms with Gasteiger partial charge in [-0.05, 0) is 111 Å². The van der Waals surface area contributed by atoms with Gasteiger partial charge in [-0.2, -0.15) is 0 Å². The van der Waals surface area contributed by atoms with Crippen LogP contribution in [0.4, 0.5) is 0 Å². The molecule has 9 atom stereocenters. The summed E-state index contributed by atoms with van der Waals surface area (Å²) < 4.78 is 5.00. The molecule has 3 saturated heterocycles. The molecule has 3 fully saturated rings. The fourth-order valence-electron chi connectivity index (χ4n) is 11.2. The number of methoxy groups -OCH3 is 1. The number of esters is 1. The van der Waals surface area contributed by atoms with Gasteiger partial charge < -0.3 is 35.5 Å². The molecule has 0 aromatic heterocycles. The predicted molar refractivity (Wildman–Crippen MR) is 211 cm³/mol. The minimum atomic E-state index is -0.903. The van der Waals surface area contributed by atoms with Crippen molar-refractivity contribution >= 4 is 35.6 Å². The molecule has 6 bridgehead atoms. The molecule has 4 N–H and O–H groups in total. The van der Waals surface area contributed by atoms with Crippen molar-refractivity contribution in [1.82, 2.24) is 15.1 Å². The van der Waals surface area contributed by atoms with Gasteiger partial charge in [-0.3, -0.25) is 28.8 Å². The molecule has 3 aromatic rings. The van der Waals surface area contributed by atoms with E-state index in [2.05, 4.69) is 5.32 Å². The number of aliphatic carboxylic acids is 2. The van der Waals surface area contributed by atoms with Crippen LogP contribution in [0.15, 0.2) is 54.6 Å². The molecule has 59 heavy (non-hydrogen) atoms. The van der Waals surface area contributed by atoms with E-state index in [9.17, 15) is 39.0 Å². The first kappa shape index (κ1) is 45.1. The number of hydrogen-bond acceptors (Lipinski definition) is 8. The summed E-state index contributed by atoms with van der Waals surface area (Å²) in [4.78, 5) is 75.6. The second-order valence-corrected chi connectivity index (χ2v) is 17.5. The van der Waals surface area contributed by atoms with Crippen LogP contribution in [0.2, 0.25) is 0 Å². The average Bonchev–Trinajstić information content (AvgIpc) is 3.16. The standard InChI is InChI=1S/C16H19NO3.C15H17NO3.C14H15NO3.Li.H2O/c1-9-6-5-7-10-12(9)11-8-16(2,15(19)20-4)13(10)17(3)14(11)18;1-8-5-4-6-9-11(8)10-7-15(2,14(18)19)12(9)16(3)13(10)17;1-7-4-3-5-8-10(7)9-6-14(2,13(17)18)11(8)15-12(9)16;;/h5-7,11,13H,8H2,1-4H3;4-6,10,12H,7H2,1-3H3,(H,18,19);3-5,9,11H,6H2,1-2H3,(H,15,16)(H,17,18);;1H2/q;;;+1;/p-1. The van der Waals surface area contributed by atoms with Gasteiger partial charge >= 0.3 is 36.8 Å². The number of nitrogens with one attached hydrogen (secondary N) is 1. The number of amides is 3. The molecule has 3 amide bonds. The Balaban J connectivity index is 0.000000166. The average molecular weight is 802 g/mol. The maximum Gasteiger partial charge on any atom is 1.00 e. The second-order valence-electron chi connectivity index (χ2n) is 17.5. The van der Waals surface area contributed by atoms with E-state index in [4.69, 9.17) is 4.74 Å². The van der Waals surface area contributed by atoms with E-state index in [1.165, 1.54) is 7.11 Å². The summed E-state index contributed by atoms with van der Waals surface area (Å²) in [6.07, 6.45) is 1.32. The number of piperidine rings is 3. The van der Waals surface area contributed by atoms with Gasteiger partial charge in [0, 0.05) is 14.1 Å². The molecule has 9 aliphatic rings. The molecule has 6 aliphatic heterocycles. The summed E-state index contributed by atoms with van der Waals surface area (Å²) in [6.45, 7) is 11.4. The summed E-state index contributed by atoms with van der Waals surface area (Å²) in [5.74, 6) is -2.66. The summed E-state index contributed by atoms with van der Waals surface area (Å²) in [5, 5.41) is 21.9. The monoisotopic (exact) mass is 801 g/mol. The number of carbonyl (C=O) groups excluding carboxylic acids is 4. The minimum absolute atomic E-state index is 0. The third-order valence-electron chi connectivity index (χ3n) is 14.0. The quantitative estimate of drug-likeness (QED) is 0.261. The van der Waals surface area contributed by atoms with Gasteiger partial charge in [-0.1, -0.05) is 54.6 Å². The summed E-state index contributed by atoms with van der Waals surface area (Å²) >= 11 is 0.